The van der Waals surface area contributed by atoms with Gasteiger partial charge in [0.25, 0.3) is 0 Å². The molecule has 2 nitrogen and oxygen atoms in total. The maximum atomic E-state index is 9.26. The van der Waals surface area contributed by atoms with Gasteiger partial charge in [0.15, 0.2) is 4.33 Å². The van der Waals surface area contributed by atoms with E-state index in [1.54, 1.807) is 30.3 Å². The Bertz CT molecular complexity index is 379. The first-order chi connectivity index (χ1) is 6.76. The summed E-state index contributed by atoms with van der Waals surface area (Å²) in [6.07, 6.45) is 0. The molecule has 1 aromatic rings. The molecule has 0 saturated carbocycles. The van der Waals surface area contributed by atoms with E-state index in [9.17, 15) is 9.79 Å². The van der Waals surface area contributed by atoms with Crippen LogP contribution in [0.15, 0.2) is 30.3 Å². The Kier molecular flexibility index (Phi) is 4.47. The molecule has 0 aliphatic carbocycles. The van der Waals surface area contributed by atoms with E-state index >= 15 is 0 Å². The van der Waals surface area contributed by atoms with Crippen molar-refractivity contribution in [3.63, 3.8) is 0 Å². The van der Waals surface area contributed by atoms with E-state index in [0.29, 0.717) is 5.56 Å². The molecule has 1 rings (SSSR count). The standard InChI is InChI=1S/C8H8Cl3O2PS/c9-7(14(12,13)15)8(10,11)6-4-2-1-3-5-6/h1-5,7H,(H2,12,13,15). The van der Waals surface area contributed by atoms with Gasteiger partial charge in [-0.3, -0.25) is 0 Å². The predicted molar refractivity (Wildman–Crippen MR) is 68.2 cm³/mol. The summed E-state index contributed by atoms with van der Waals surface area (Å²) in [6.45, 7) is -3.71. The SMILES string of the molecule is OP(O)(=S)C(Cl)C(Cl)(Cl)c1ccccc1. The van der Waals surface area contributed by atoms with Crippen LogP contribution in [0.1, 0.15) is 5.56 Å². The molecule has 0 spiro atoms. The Morgan fingerprint density at radius 1 is 1.20 bits per heavy atom. The second-order valence-corrected chi connectivity index (χ2v) is 8.35. The van der Waals surface area contributed by atoms with Crippen LogP contribution in [0, 0.1) is 0 Å². The largest absolute Gasteiger partial charge is 0.344 e. The number of rotatable bonds is 3. The summed E-state index contributed by atoms with van der Waals surface area (Å²) < 4.78 is -1.61. The molecular weight excluding hydrogens is 297 g/mol. The highest BCUT2D eigenvalue weighted by molar-refractivity contribution is 8.10. The molecule has 7 heteroatoms. The number of benzene rings is 1. The summed E-state index contributed by atoms with van der Waals surface area (Å²) >= 11 is 22.2. The minimum absolute atomic E-state index is 0.477. The molecule has 1 aromatic carbocycles. The molecule has 1 atom stereocenters. The van der Waals surface area contributed by atoms with Crippen molar-refractivity contribution in [1.29, 1.82) is 0 Å². The molecule has 0 radical (unpaired) electrons. The van der Waals surface area contributed by atoms with Gasteiger partial charge in [0, 0.05) is 0 Å². The van der Waals surface area contributed by atoms with Crippen molar-refractivity contribution in [3.05, 3.63) is 35.9 Å². The van der Waals surface area contributed by atoms with Crippen molar-refractivity contribution in [2.45, 2.75) is 9.45 Å². The highest BCUT2D eigenvalue weighted by Crippen LogP contribution is 2.57. The van der Waals surface area contributed by atoms with Crippen LogP contribution in [-0.2, 0) is 16.1 Å². The van der Waals surface area contributed by atoms with Crippen LogP contribution in [0.2, 0.25) is 0 Å². The Morgan fingerprint density at radius 3 is 2.07 bits per heavy atom. The first kappa shape index (κ1) is 13.7. The second-order valence-electron chi connectivity index (χ2n) is 2.91. The molecule has 0 aliphatic heterocycles. The zero-order valence-electron chi connectivity index (χ0n) is 7.35. The zero-order valence-corrected chi connectivity index (χ0v) is 11.3. The molecule has 2 N–H and O–H groups in total. The average molecular weight is 306 g/mol. The maximum absolute atomic E-state index is 9.26. The van der Waals surface area contributed by atoms with E-state index in [4.69, 9.17) is 34.8 Å². The van der Waals surface area contributed by atoms with Gasteiger partial charge in [-0.25, -0.2) is 0 Å². The third-order valence-electron chi connectivity index (χ3n) is 1.75. The molecule has 0 heterocycles. The van der Waals surface area contributed by atoms with E-state index in [-0.39, 0.29) is 0 Å². The van der Waals surface area contributed by atoms with Gasteiger partial charge < -0.3 is 9.79 Å². The van der Waals surface area contributed by atoms with Crippen LogP contribution in [-0.4, -0.2) is 14.9 Å². The van der Waals surface area contributed by atoms with Crippen molar-refractivity contribution in [1.82, 2.24) is 0 Å². The van der Waals surface area contributed by atoms with E-state index in [0.717, 1.165) is 0 Å². The number of hydrogen-bond donors (Lipinski definition) is 2. The minimum atomic E-state index is -3.71. The van der Waals surface area contributed by atoms with E-state index in [2.05, 4.69) is 11.8 Å². The van der Waals surface area contributed by atoms with Crippen molar-refractivity contribution in [3.8, 4) is 0 Å². The molecule has 84 valence electrons. The fraction of sp³-hybridized carbons (Fsp3) is 0.250. The lowest BCUT2D eigenvalue weighted by molar-refractivity contribution is 0.470. The smallest absolute Gasteiger partial charge is 0.204 e. The summed E-state index contributed by atoms with van der Waals surface area (Å²) in [6, 6.07) is 8.50. The van der Waals surface area contributed by atoms with Gasteiger partial charge in [0.05, 0.1) is 0 Å². The molecule has 0 fully saturated rings. The summed E-state index contributed by atoms with van der Waals surface area (Å²) in [5.41, 5.74) is 0.477. The van der Waals surface area contributed by atoms with Crippen molar-refractivity contribution in [2.75, 3.05) is 0 Å². The third kappa shape index (κ3) is 3.31. The second kappa shape index (κ2) is 4.89. The van der Waals surface area contributed by atoms with Gasteiger partial charge in [-0.15, -0.1) is 11.6 Å². The first-order valence-corrected chi connectivity index (χ1v) is 7.86. The van der Waals surface area contributed by atoms with E-state index < -0.39 is 15.9 Å². The number of alkyl halides is 3. The van der Waals surface area contributed by atoms with Crippen LogP contribution < -0.4 is 0 Å². The normalized spacial score (nSPS) is 15.0. The predicted octanol–water partition coefficient (Wildman–Crippen LogP) is 3.18. The van der Waals surface area contributed by atoms with Crippen LogP contribution in [0.5, 0.6) is 0 Å². The summed E-state index contributed by atoms with van der Waals surface area (Å²) in [5.74, 6) is 0. The molecule has 0 bridgehead atoms. The van der Waals surface area contributed by atoms with Crippen LogP contribution >= 0.6 is 41.3 Å². The maximum Gasteiger partial charge on any atom is 0.204 e. The van der Waals surface area contributed by atoms with Crippen molar-refractivity contribution in [2.24, 2.45) is 0 Å². The fourth-order valence-electron chi connectivity index (χ4n) is 1.01. The first-order valence-electron chi connectivity index (χ1n) is 3.89. The Balaban J connectivity index is 3.09. The lowest BCUT2D eigenvalue weighted by Crippen LogP contribution is -2.23. The van der Waals surface area contributed by atoms with Crippen LogP contribution in [0.3, 0.4) is 0 Å². The van der Waals surface area contributed by atoms with Gasteiger partial charge >= 0.3 is 0 Å². The summed E-state index contributed by atoms with van der Waals surface area (Å²) in [7, 11) is 0. The lowest BCUT2D eigenvalue weighted by Gasteiger charge is -2.28. The van der Waals surface area contributed by atoms with Crippen LogP contribution in [0.25, 0.3) is 0 Å². The summed E-state index contributed by atoms with van der Waals surface area (Å²) in [4.78, 5) is 18.5. The highest BCUT2D eigenvalue weighted by Gasteiger charge is 2.43. The van der Waals surface area contributed by atoms with Gasteiger partial charge in [-0.05, 0) is 17.4 Å². The Labute approximate surface area is 108 Å². The van der Waals surface area contributed by atoms with Crippen molar-refractivity contribution < 1.29 is 9.79 Å². The van der Waals surface area contributed by atoms with Crippen molar-refractivity contribution >= 4 is 53.1 Å². The Morgan fingerprint density at radius 2 is 1.67 bits per heavy atom. The molecular formula is C8H8Cl3O2PS. The number of hydrogen-bond acceptors (Lipinski definition) is 1. The zero-order chi connectivity index (χ0) is 11.7. The quantitative estimate of drug-likeness (QED) is 0.665. The van der Waals surface area contributed by atoms with Gasteiger partial charge in [-0.2, -0.15) is 0 Å². The molecule has 0 aromatic heterocycles. The third-order valence-corrected chi connectivity index (χ3v) is 6.26. The van der Waals surface area contributed by atoms with E-state index in [1.165, 1.54) is 0 Å². The lowest BCUT2D eigenvalue weighted by atomic mass is 10.2. The fourth-order valence-corrected chi connectivity index (χ4v) is 3.60. The topological polar surface area (TPSA) is 40.5 Å². The molecule has 1 unspecified atom stereocenters. The number of halogens is 3. The van der Waals surface area contributed by atoms with E-state index in [1.807, 2.05) is 0 Å². The monoisotopic (exact) mass is 304 g/mol. The minimum Gasteiger partial charge on any atom is -0.344 e. The Hall–Kier alpha value is 0.660. The highest BCUT2D eigenvalue weighted by atomic mass is 35.5. The van der Waals surface area contributed by atoms with Gasteiger partial charge in [-0.1, -0.05) is 53.5 Å². The van der Waals surface area contributed by atoms with Crippen LogP contribution in [0.4, 0.5) is 0 Å². The van der Waals surface area contributed by atoms with Gasteiger partial charge in [0.1, 0.15) is 5.12 Å². The average Bonchev–Trinajstić information content (AvgIpc) is 2.16. The van der Waals surface area contributed by atoms with Gasteiger partial charge in [0.2, 0.25) is 6.49 Å². The summed E-state index contributed by atoms with van der Waals surface area (Å²) in [5, 5.41) is -1.31. The molecule has 0 aliphatic rings. The molecule has 0 saturated heterocycles. The molecule has 0 amide bonds. The molecule has 15 heavy (non-hydrogen) atoms.